The van der Waals surface area contributed by atoms with Crippen LogP contribution in [0.15, 0.2) is 24.3 Å². The van der Waals surface area contributed by atoms with Gasteiger partial charge in [0.05, 0.1) is 0 Å². The van der Waals surface area contributed by atoms with Gasteiger partial charge < -0.3 is 5.32 Å². The molecule has 1 aromatic carbocycles. The third-order valence-corrected chi connectivity index (χ3v) is 3.15. The molecule has 2 heteroatoms. The van der Waals surface area contributed by atoms with Crippen molar-refractivity contribution in [3.05, 3.63) is 34.9 Å². The Morgan fingerprint density at radius 2 is 1.88 bits per heavy atom. The Hall–Kier alpha value is -0.530. The molecule has 1 N–H and O–H groups in total. The van der Waals surface area contributed by atoms with Crippen LogP contribution in [0.25, 0.3) is 0 Å². The average Bonchev–Trinajstić information content (AvgIpc) is 2.29. The highest BCUT2D eigenvalue weighted by Crippen LogP contribution is 2.14. The van der Waals surface area contributed by atoms with Gasteiger partial charge in [-0.25, -0.2) is 0 Å². The van der Waals surface area contributed by atoms with Crippen LogP contribution in [0, 0.1) is 5.92 Å². The molecule has 0 heterocycles. The van der Waals surface area contributed by atoms with E-state index in [2.05, 4.69) is 31.3 Å². The Morgan fingerprint density at radius 1 is 1.19 bits per heavy atom. The zero-order chi connectivity index (χ0) is 11.8. The van der Waals surface area contributed by atoms with E-state index in [0.29, 0.717) is 0 Å². The minimum Gasteiger partial charge on any atom is -0.317 e. The number of rotatable bonds is 7. The lowest BCUT2D eigenvalue weighted by Gasteiger charge is -2.11. The average molecular weight is 240 g/mol. The quantitative estimate of drug-likeness (QED) is 0.712. The summed E-state index contributed by atoms with van der Waals surface area (Å²) in [6, 6.07) is 8.19. The van der Waals surface area contributed by atoms with Gasteiger partial charge in [-0.3, -0.25) is 0 Å². The first kappa shape index (κ1) is 13.5. The normalized spacial score (nSPS) is 12.7. The molecule has 1 atom stereocenters. The van der Waals surface area contributed by atoms with Gasteiger partial charge in [-0.15, -0.1) is 0 Å². The van der Waals surface area contributed by atoms with Crippen LogP contribution in [0.2, 0.25) is 5.02 Å². The molecular formula is C14H22ClN. The van der Waals surface area contributed by atoms with E-state index < -0.39 is 0 Å². The minimum absolute atomic E-state index is 0.787. The lowest BCUT2D eigenvalue weighted by molar-refractivity contribution is 0.474. The number of benzene rings is 1. The highest BCUT2D eigenvalue weighted by Gasteiger charge is 2.02. The first-order valence-electron chi connectivity index (χ1n) is 6.17. The summed E-state index contributed by atoms with van der Waals surface area (Å²) >= 11 is 5.85. The maximum absolute atomic E-state index is 5.85. The maximum Gasteiger partial charge on any atom is 0.0406 e. The molecule has 1 nitrogen and oxygen atoms in total. The fraction of sp³-hybridized carbons (Fsp3) is 0.571. The van der Waals surface area contributed by atoms with Gasteiger partial charge in [0.1, 0.15) is 0 Å². The van der Waals surface area contributed by atoms with Gasteiger partial charge in [0.25, 0.3) is 0 Å². The molecule has 0 saturated carbocycles. The largest absolute Gasteiger partial charge is 0.317 e. The van der Waals surface area contributed by atoms with Gasteiger partial charge in [0, 0.05) is 5.02 Å². The summed E-state index contributed by atoms with van der Waals surface area (Å²) in [5.41, 5.74) is 1.39. The molecule has 0 spiro atoms. The second-order valence-electron chi connectivity index (χ2n) is 4.41. The molecule has 0 bridgehead atoms. The predicted molar refractivity (Wildman–Crippen MR) is 72.1 cm³/mol. The number of aryl methyl sites for hydroxylation is 1. The van der Waals surface area contributed by atoms with E-state index in [1.165, 1.54) is 18.4 Å². The van der Waals surface area contributed by atoms with Crippen LogP contribution in [-0.4, -0.2) is 13.1 Å². The zero-order valence-corrected chi connectivity index (χ0v) is 11.1. The Kier molecular flexibility index (Phi) is 6.51. The van der Waals surface area contributed by atoms with E-state index in [0.717, 1.165) is 30.5 Å². The Balaban J connectivity index is 2.20. The molecule has 0 aromatic heterocycles. The summed E-state index contributed by atoms with van der Waals surface area (Å²) < 4.78 is 0. The van der Waals surface area contributed by atoms with Crippen LogP contribution in [0.3, 0.4) is 0 Å². The van der Waals surface area contributed by atoms with Gasteiger partial charge in [-0.2, -0.15) is 0 Å². The lowest BCUT2D eigenvalue weighted by Crippen LogP contribution is -2.16. The van der Waals surface area contributed by atoms with Crippen LogP contribution in [-0.2, 0) is 6.42 Å². The van der Waals surface area contributed by atoms with Crippen molar-refractivity contribution in [3.8, 4) is 0 Å². The molecule has 0 amide bonds. The Bertz CT molecular complexity index is 281. The fourth-order valence-corrected chi connectivity index (χ4v) is 1.86. The minimum atomic E-state index is 0.787. The van der Waals surface area contributed by atoms with Crippen molar-refractivity contribution in [1.29, 1.82) is 0 Å². The van der Waals surface area contributed by atoms with Gasteiger partial charge in [0.15, 0.2) is 0 Å². The summed E-state index contributed by atoms with van der Waals surface area (Å²) in [5.74, 6) is 0.787. The molecule has 16 heavy (non-hydrogen) atoms. The number of halogens is 1. The van der Waals surface area contributed by atoms with E-state index in [1.807, 2.05) is 12.1 Å². The highest BCUT2D eigenvalue weighted by molar-refractivity contribution is 6.30. The molecule has 0 fully saturated rings. The summed E-state index contributed by atoms with van der Waals surface area (Å²) in [4.78, 5) is 0. The summed E-state index contributed by atoms with van der Waals surface area (Å²) in [5, 5.41) is 4.19. The summed E-state index contributed by atoms with van der Waals surface area (Å²) in [6.07, 6.45) is 3.68. The van der Waals surface area contributed by atoms with Gasteiger partial charge >= 0.3 is 0 Å². The fourth-order valence-electron chi connectivity index (χ4n) is 1.73. The third kappa shape index (κ3) is 5.53. The van der Waals surface area contributed by atoms with Crippen molar-refractivity contribution < 1.29 is 0 Å². The molecule has 1 aromatic rings. The summed E-state index contributed by atoms with van der Waals surface area (Å²) in [7, 11) is 0. The van der Waals surface area contributed by atoms with Gasteiger partial charge in [0.2, 0.25) is 0 Å². The Morgan fingerprint density at radius 3 is 2.50 bits per heavy atom. The predicted octanol–water partition coefficient (Wildman–Crippen LogP) is 3.91. The Labute approximate surface area is 104 Å². The van der Waals surface area contributed by atoms with E-state index in [-0.39, 0.29) is 0 Å². The SMILES string of the molecule is CCNCCC(C)CCc1ccc(Cl)cc1. The molecule has 0 aliphatic rings. The highest BCUT2D eigenvalue weighted by atomic mass is 35.5. The van der Waals surface area contributed by atoms with E-state index in [4.69, 9.17) is 11.6 Å². The van der Waals surface area contributed by atoms with Crippen molar-refractivity contribution in [2.75, 3.05) is 13.1 Å². The third-order valence-electron chi connectivity index (χ3n) is 2.90. The van der Waals surface area contributed by atoms with Crippen LogP contribution < -0.4 is 5.32 Å². The number of hydrogen-bond donors (Lipinski definition) is 1. The van der Waals surface area contributed by atoms with Crippen LogP contribution in [0.5, 0.6) is 0 Å². The molecule has 1 rings (SSSR count). The number of nitrogens with one attached hydrogen (secondary N) is 1. The van der Waals surface area contributed by atoms with Crippen LogP contribution in [0.1, 0.15) is 32.3 Å². The van der Waals surface area contributed by atoms with E-state index >= 15 is 0 Å². The second kappa shape index (κ2) is 7.70. The van der Waals surface area contributed by atoms with Gasteiger partial charge in [-0.05, 0) is 56.0 Å². The standard InChI is InChI=1S/C14H22ClN/c1-3-16-11-10-12(2)4-5-13-6-8-14(15)9-7-13/h6-9,12,16H,3-5,10-11H2,1-2H3. The van der Waals surface area contributed by atoms with Crippen molar-refractivity contribution in [2.45, 2.75) is 33.1 Å². The van der Waals surface area contributed by atoms with Crippen molar-refractivity contribution in [2.24, 2.45) is 5.92 Å². The molecule has 1 unspecified atom stereocenters. The molecule has 0 aliphatic carbocycles. The molecule has 0 radical (unpaired) electrons. The topological polar surface area (TPSA) is 12.0 Å². The van der Waals surface area contributed by atoms with Crippen LogP contribution >= 0.6 is 11.6 Å². The maximum atomic E-state index is 5.85. The van der Waals surface area contributed by atoms with Crippen molar-refractivity contribution in [3.63, 3.8) is 0 Å². The van der Waals surface area contributed by atoms with Gasteiger partial charge in [-0.1, -0.05) is 37.6 Å². The first-order chi connectivity index (χ1) is 7.72. The lowest BCUT2D eigenvalue weighted by atomic mass is 9.98. The molecule has 0 aliphatic heterocycles. The smallest absolute Gasteiger partial charge is 0.0406 e. The summed E-state index contributed by atoms with van der Waals surface area (Å²) in [6.45, 7) is 6.69. The zero-order valence-electron chi connectivity index (χ0n) is 10.3. The second-order valence-corrected chi connectivity index (χ2v) is 4.85. The molecule has 90 valence electrons. The van der Waals surface area contributed by atoms with Crippen molar-refractivity contribution in [1.82, 2.24) is 5.32 Å². The molecular weight excluding hydrogens is 218 g/mol. The van der Waals surface area contributed by atoms with E-state index in [1.54, 1.807) is 0 Å². The first-order valence-corrected chi connectivity index (χ1v) is 6.55. The number of hydrogen-bond acceptors (Lipinski definition) is 1. The van der Waals surface area contributed by atoms with E-state index in [9.17, 15) is 0 Å². The molecule has 0 saturated heterocycles. The monoisotopic (exact) mass is 239 g/mol. The van der Waals surface area contributed by atoms with Crippen LogP contribution in [0.4, 0.5) is 0 Å². The van der Waals surface area contributed by atoms with Crippen molar-refractivity contribution >= 4 is 11.6 Å².